The summed E-state index contributed by atoms with van der Waals surface area (Å²) in [6, 6.07) is 0. The molecule has 0 fully saturated rings. The van der Waals surface area contributed by atoms with Gasteiger partial charge in [-0.3, -0.25) is 0 Å². The summed E-state index contributed by atoms with van der Waals surface area (Å²) in [5, 5.41) is 0. The van der Waals surface area contributed by atoms with Gasteiger partial charge in [0.25, 0.3) is 0 Å². The Morgan fingerprint density at radius 3 is 0.545 bits per heavy atom. The van der Waals surface area contributed by atoms with Crippen LogP contribution in [-0.4, -0.2) is 23.0 Å². The Balaban J connectivity index is -0.000000966. The Bertz CT molecular complexity index is 696. The molecule has 0 unspecified atom stereocenters. The normalized spacial score (nSPS) is 11.7. The fourth-order valence-electron chi connectivity index (χ4n) is 6.43. The molecule has 0 aliphatic heterocycles. The second-order valence-corrected chi connectivity index (χ2v) is 30.2. The summed E-state index contributed by atoms with van der Waals surface area (Å²) < 4.78 is 24.1. The van der Waals surface area contributed by atoms with Crippen LogP contribution in [0.15, 0.2) is 0 Å². The van der Waals surface area contributed by atoms with Crippen molar-refractivity contribution < 1.29 is 38.4 Å². The minimum atomic E-state index is -3.26. The molecule has 4 nitrogen and oxygen atoms in total. The molecule has 0 saturated carbocycles. The van der Waals surface area contributed by atoms with Crippen LogP contribution in [0.2, 0.25) is 0 Å². The number of rotatable bonds is 44. The second kappa shape index (κ2) is 50.8. The van der Waals surface area contributed by atoms with Crippen LogP contribution in [0, 0.1) is 0 Å². The first-order chi connectivity index (χ1) is 26.2. The van der Waals surface area contributed by atoms with Gasteiger partial charge in [0.15, 0.2) is 0 Å². The zero-order chi connectivity index (χ0) is 40.1. The van der Waals surface area contributed by atoms with Crippen LogP contribution in [0.3, 0.4) is 0 Å². The van der Waals surface area contributed by atoms with E-state index in [1.54, 1.807) is 0 Å². The Hall–Kier alpha value is 2.40. The van der Waals surface area contributed by atoms with Crippen LogP contribution in [0.5, 0.6) is 0 Å². The quantitative estimate of drug-likeness (QED) is 0.0340. The van der Waals surface area contributed by atoms with Gasteiger partial charge in [-0.25, -0.2) is 0 Å². The van der Waals surface area contributed by atoms with Gasteiger partial charge in [-0.05, 0) is 25.7 Å². The van der Waals surface area contributed by atoms with E-state index in [2.05, 4.69) is 27.7 Å². The van der Waals surface area contributed by atoms with Crippen LogP contribution in [0.25, 0.3) is 0 Å². The Kier molecular flexibility index (Phi) is 56.9. The monoisotopic (exact) mass is 938 g/mol. The molecule has 0 N–H and O–H groups in total. The van der Waals surface area contributed by atoms with Gasteiger partial charge in [0.2, 0.25) is 0 Å². The SMILES string of the molecule is CCCCCCCCCCCSP(=O)([O-])SCCCCCCCCCCC.CCCCCCCCCCCSP(=O)([O-])SCCCCCCCCCCC.[Zn+2]. The first kappa shape index (κ1) is 61.7. The maximum absolute atomic E-state index is 12.1. The summed E-state index contributed by atoms with van der Waals surface area (Å²) in [7, 11) is 0. The number of hydrogen-bond acceptors (Lipinski definition) is 8. The van der Waals surface area contributed by atoms with Crippen molar-refractivity contribution >= 4 is 57.1 Å². The van der Waals surface area contributed by atoms with Crippen molar-refractivity contribution in [1.29, 1.82) is 0 Å². The second-order valence-electron chi connectivity index (χ2n) is 15.5. The molecule has 0 aliphatic carbocycles. The van der Waals surface area contributed by atoms with Crippen LogP contribution in [0.4, 0.5) is 0 Å². The van der Waals surface area contributed by atoms with Gasteiger partial charge in [0.1, 0.15) is 11.5 Å². The van der Waals surface area contributed by atoms with Crippen LogP contribution >= 0.6 is 57.1 Å². The van der Waals surface area contributed by atoms with Crippen LogP contribution < -0.4 is 9.79 Å². The van der Waals surface area contributed by atoms with Gasteiger partial charge >= 0.3 is 19.5 Å². The van der Waals surface area contributed by atoms with Crippen molar-refractivity contribution in [2.45, 2.75) is 259 Å². The maximum atomic E-state index is 12.1. The van der Waals surface area contributed by atoms with E-state index < -0.39 is 11.5 Å². The van der Waals surface area contributed by atoms with E-state index in [4.69, 9.17) is 0 Å². The van der Waals surface area contributed by atoms with E-state index in [0.29, 0.717) is 0 Å². The van der Waals surface area contributed by atoms with Gasteiger partial charge in [-0.1, -0.05) is 233 Å². The third-order valence-corrected chi connectivity index (χ3v) is 22.9. The molecule has 0 heterocycles. The molecule has 55 heavy (non-hydrogen) atoms. The average molecular weight is 941 g/mol. The molecule has 0 bridgehead atoms. The first-order valence-corrected chi connectivity index (χ1v) is 33.1. The van der Waals surface area contributed by atoms with Gasteiger partial charge in [0.05, 0.1) is 0 Å². The molecule has 0 aromatic rings. The summed E-state index contributed by atoms with van der Waals surface area (Å²) in [6.07, 6.45) is 46.3. The van der Waals surface area contributed by atoms with Crippen molar-refractivity contribution in [3.05, 3.63) is 0 Å². The predicted octanol–water partition coefficient (Wildman–Crippen LogP) is 18.0. The Labute approximate surface area is 374 Å². The molecule has 0 spiro atoms. The van der Waals surface area contributed by atoms with Crippen molar-refractivity contribution in [1.82, 2.24) is 0 Å². The molecule has 0 aromatic heterocycles. The predicted molar refractivity (Wildman–Crippen MR) is 254 cm³/mol. The van der Waals surface area contributed by atoms with E-state index in [9.17, 15) is 18.9 Å². The van der Waals surface area contributed by atoms with E-state index >= 15 is 0 Å². The van der Waals surface area contributed by atoms with Crippen LogP contribution in [0.1, 0.15) is 259 Å². The molecule has 0 saturated heterocycles. The fraction of sp³-hybridized carbons (Fsp3) is 1.00. The molecule has 0 aromatic carbocycles. The smallest absolute Gasteiger partial charge is 0.784 e. The molecule has 328 valence electrons. The third-order valence-electron chi connectivity index (χ3n) is 9.99. The Morgan fingerprint density at radius 1 is 0.273 bits per heavy atom. The van der Waals surface area contributed by atoms with Gasteiger partial charge in [-0.2, -0.15) is 0 Å². The van der Waals surface area contributed by atoms with Gasteiger partial charge < -0.3 is 18.9 Å². The van der Waals surface area contributed by atoms with Crippen molar-refractivity contribution in [2.75, 3.05) is 23.0 Å². The molecule has 11 heteroatoms. The molecule has 0 rings (SSSR count). The van der Waals surface area contributed by atoms with E-state index in [1.807, 2.05) is 0 Å². The molecule has 0 amide bonds. The summed E-state index contributed by atoms with van der Waals surface area (Å²) >= 11 is 4.78. The van der Waals surface area contributed by atoms with Crippen molar-refractivity contribution in [3.8, 4) is 0 Å². The van der Waals surface area contributed by atoms with E-state index in [0.717, 1.165) is 48.7 Å². The van der Waals surface area contributed by atoms with Gasteiger partial charge in [-0.15, -0.1) is 45.5 Å². The first-order valence-electron chi connectivity index (χ1n) is 23.4. The van der Waals surface area contributed by atoms with E-state index in [1.165, 1.54) is 251 Å². The summed E-state index contributed by atoms with van der Waals surface area (Å²) in [5.74, 6) is -3.40. The van der Waals surface area contributed by atoms with E-state index in [-0.39, 0.29) is 19.5 Å². The zero-order valence-electron chi connectivity index (χ0n) is 37.2. The number of hydrogen-bond donors (Lipinski definition) is 0. The van der Waals surface area contributed by atoms with Gasteiger partial charge in [0, 0.05) is 23.0 Å². The summed E-state index contributed by atoms with van der Waals surface area (Å²) in [6.45, 7) is 9.00. The minimum absolute atomic E-state index is 0. The largest absolute Gasteiger partial charge is 2.00 e. The average Bonchev–Trinajstić information content (AvgIpc) is 3.15. The molecule has 0 aliphatic rings. The number of unbranched alkanes of at least 4 members (excludes halogenated alkanes) is 32. The Morgan fingerprint density at radius 2 is 0.400 bits per heavy atom. The topological polar surface area (TPSA) is 80.3 Å². The molecule has 0 atom stereocenters. The van der Waals surface area contributed by atoms with Crippen molar-refractivity contribution in [2.24, 2.45) is 0 Å². The zero-order valence-corrected chi connectivity index (χ0v) is 45.2. The molecular weight excluding hydrogens is 848 g/mol. The van der Waals surface area contributed by atoms with Crippen LogP contribution in [-0.2, 0) is 28.6 Å². The summed E-state index contributed by atoms with van der Waals surface area (Å²) in [5.41, 5.74) is 0. The molecular formula is C44H92O4P2S4Zn. The third kappa shape index (κ3) is 56.4. The minimum Gasteiger partial charge on any atom is -0.784 e. The maximum Gasteiger partial charge on any atom is 2.00 e. The fourth-order valence-corrected chi connectivity index (χ4v) is 17.5. The standard InChI is InChI=1S/2C22H47O2PS2.Zn/c2*1-3-5-7-9-11-13-15-17-19-21-26-25(23,24)27-22-20-18-16-14-12-10-8-6-4-2;/h2*3-22H2,1-2H3,(H,23,24);/q;;+2/p-2. The molecule has 0 radical (unpaired) electrons. The summed E-state index contributed by atoms with van der Waals surface area (Å²) in [4.78, 5) is 24.1. The van der Waals surface area contributed by atoms with Crippen molar-refractivity contribution in [3.63, 3.8) is 0 Å².